The average molecular weight is 353 g/mol. The minimum Gasteiger partial charge on any atom is -0.312 e. The van der Waals surface area contributed by atoms with Crippen molar-refractivity contribution in [3.05, 3.63) is 28.7 Å². The molecule has 1 amide bonds. The molecule has 1 aliphatic heterocycles. The highest BCUT2D eigenvalue weighted by molar-refractivity contribution is 9.10. The van der Waals surface area contributed by atoms with Gasteiger partial charge in [0.05, 0.1) is 5.75 Å². The van der Waals surface area contributed by atoms with Gasteiger partial charge in [-0.2, -0.15) is 0 Å². The number of halogens is 2. The second kappa shape index (κ2) is 5.19. The van der Waals surface area contributed by atoms with Gasteiger partial charge in [0.1, 0.15) is 0 Å². The Kier molecular flexibility index (Phi) is 3.99. The molecular weight excluding hydrogens is 342 g/mol. The van der Waals surface area contributed by atoms with Gasteiger partial charge in [-0.3, -0.25) is 4.79 Å². The summed E-state index contributed by atoms with van der Waals surface area (Å²) in [6.45, 7) is 0.395. The molecule has 1 saturated heterocycles. The van der Waals surface area contributed by atoms with E-state index in [0.29, 0.717) is 6.54 Å². The van der Waals surface area contributed by atoms with Crippen molar-refractivity contribution < 1.29 is 13.2 Å². The maximum Gasteiger partial charge on any atom is 0.232 e. The molecule has 1 fully saturated rings. The first kappa shape index (κ1) is 13.8. The van der Waals surface area contributed by atoms with Crippen LogP contribution in [-0.2, 0) is 13.8 Å². The predicted molar refractivity (Wildman–Crippen MR) is 74.2 cm³/mol. The van der Waals surface area contributed by atoms with Crippen LogP contribution in [0.25, 0.3) is 0 Å². The number of nitrogens with zero attached hydrogens (tertiary/aromatic N) is 1. The number of rotatable bonds is 3. The largest absolute Gasteiger partial charge is 0.312 e. The first-order chi connectivity index (χ1) is 8.35. The van der Waals surface area contributed by atoms with E-state index in [4.69, 9.17) is 10.7 Å². The van der Waals surface area contributed by atoms with Crippen molar-refractivity contribution in [2.75, 3.05) is 17.2 Å². The number of benzene rings is 1. The zero-order valence-corrected chi connectivity index (χ0v) is 12.5. The summed E-state index contributed by atoms with van der Waals surface area (Å²) < 4.78 is 23.0. The summed E-state index contributed by atoms with van der Waals surface area (Å²) in [4.78, 5) is 13.4. The van der Waals surface area contributed by atoms with Crippen LogP contribution >= 0.6 is 26.6 Å². The Bertz CT molecular complexity index is 558. The summed E-state index contributed by atoms with van der Waals surface area (Å²) >= 11 is 3.32. The van der Waals surface area contributed by atoms with Crippen LogP contribution in [0.2, 0.25) is 0 Å². The zero-order chi connectivity index (χ0) is 13.3. The fraction of sp³-hybridized carbons (Fsp3) is 0.364. The van der Waals surface area contributed by atoms with Gasteiger partial charge in [-0.15, -0.1) is 0 Å². The maximum absolute atomic E-state index is 11.8. The van der Waals surface area contributed by atoms with Gasteiger partial charge in [-0.1, -0.05) is 15.9 Å². The summed E-state index contributed by atoms with van der Waals surface area (Å²) in [5.74, 6) is -0.459. The van der Waals surface area contributed by atoms with Crippen molar-refractivity contribution >= 4 is 47.3 Å². The van der Waals surface area contributed by atoms with Crippen LogP contribution in [0.15, 0.2) is 28.7 Å². The third kappa shape index (κ3) is 3.46. The Labute approximate surface area is 118 Å². The molecule has 1 aromatic carbocycles. The summed E-state index contributed by atoms with van der Waals surface area (Å²) in [5.41, 5.74) is 0.776. The standard InChI is InChI=1S/C11H11BrClNO3S/c12-9-1-3-10(4-2-9)14-6-8(5-11(14)15)7-18(13,16)17/h1-4,8H,5-7H2. The van der Waals surface area contributed by atoms with Crippen molar-refractivity contribution in [1.29, 1.82) is 0 Å². The third-order valence-electron chi connectivity index (χ3n) is 2.78. The Morgan fingerprint density at radius 1 is 1.33 bits per heavy atom. The first-order valence-corrected chi connectivity index (χ1v) is 8.60. The molecule has 7 heteroatoms. The van der Waals surface area contributed by atoms with E-state index in [1.165, 1.54) is 0 Å². The fourth-order valence-electron chi connectivity index (χ4n) is 2.05. The minimum atomic E-state index is -3.56. The Morgan fingerprint density at radius 3 is 2.50 bits per heavy atom. The lowest BCUT2D eigenvalue weighted by Crippen LogP contribution is -2.25. The molecule has 0 saturated carbocycles. The molecule has 2 rings (SSSR count). The van der Waals surface area contributed by atoms with E-state index in [-0.39, 0.29) is 24.0 Å². The van der Waals surface area contributed by atoms with Crippen LogP contribution < -0.4 is 4.90 Å². The van der Waals surface area contributed by atoms with E-state index in [1.54, 1.807) is 4.90 Å². The molecular formula is C11H11BrClNO3S. The van der Waals surface area contributed by atoms with E-state index in [2.05, 4.69) is 15.9 Å². The molecule has 0 aromatic heterocycles. The van der Waals surface area contributed by atoms with Gasteiger partial charge in [0.25, 0.3) is 0 Å². The lowest BCUT2D eigenvalue weighted by molar-refractivity contribution is -0.117. The molecule has 0 N–H and O–H groups in total. The van der Waals surface area contributed by atoms with Gasteiger partial charge in [-0.25, -0.2) is 8.42 Å². The monoisotopic (exact) mass is 351 g/mol. The van der Waals surface area contributed by atoms with E-state index < -0.39 is 9.05 Å². The van der Waals surface area contributed by atoms with Crippen LogP contribution in [0.5, 0.6) is 0 Å². The van der Waals surface area contributed by atoms with Crippen LogP contribution in [0.4, 0.5) is 5.69 Å². The highest BCUT2D eigenvalue weighted by Crippen LogP contribution is 2.27. The van der Waals surface area contributed by atoms with Gasteiger partial charge < -0.3 is 4.90 Å². The molecule has 1 aliphatic rings. The molecule has 0 aliphatic carbocycles. The molecule has 1 unspecified atom stereocenters. The molecule has 0 spiro atoms. The molecule has 1 heterocycles. The van der Waals surface area contributed by atoms with E-state index in [9.17, 15) is 13.2 Å². The second-order valence-corrected chi connectivity index (χ2v) is 7.99. The topological polar surface area (TPSA) is 54.5 Å². The molecule has 4 nitrogen and oxygen atoms in total. The number of carbonyl (C=O) groups is 1. The second-order valence-electron chi connectivity index (χ2n) is 4.26. The van der Waals surface area contributed by atoms with E-state index in [0.717, 1.165) is 10.2 Å². The van der Waals surface area contributed by atoms with Gasteiger partial charge in [0, 0.05) is 39.7 Å². The van der Waals surface area contributed by atoms with Crippen molar-refractivity contribution in [1.82, 2.24) is 0 Å². The van der Waals surface area contributed by atoms with Crippen molar-refractivity contribution in [2.24, 2.45) is 5.92 Å². The summed E-state index contributed by atoms with van der Waals surface area (Å²) in [7, 11) is 1.65. The summed E-state index contributed by atoms with van der Waals surface area (Å²) in [5, 5.41) is 0. The van der Waals surface area contributed by atoms with Crippen molar-refractivity contribution in [3.63, 3.8) is 0 Å². The van der Waals surface area contributed by atoms with Gasteiger partial charge in [0.2, 0.25) is 15.0 Å². The molecule has 1 atom stereocenters. The number of amides is 1. The molecule has 1 aromatic rings. The fourth-order valence-corrected chi connectivity index (χ4v) is 3.63. The van der Waals surface area contributed by atoms with E-state index in [1.807, 2.05) is 24.3 Å². The summed E-state index contributed by atoms with van der Waals surface area (Å²) in [6.07, 6.45) is 0.224. The minimum absolute atomic E-state index is 0.0670. The lowest BCUT2D eigenvalue weighted by atomic mass is 10.1. The average Bonchev–Trinajstić information content (AvgIpc) is 2.58. The van der Waals surface area contributed by atoms with Crippen LogP contribution in [0.3, 0.4) is 0 Å². The van der Waals surface area contributed by atoms with Gasteiger partial charge in [0.15, 0.2) is 0 Å². The number of anilines is 1. The van der Waals surface area contributed by atoms with Crippen LogP contribution in [0.1, 0.15) is 6.42 Å². The Hall–Kier alpha value is -0.590. The van der Waals surface area contributed by atoms with Crippen LogP contribution in [0, 0.1) is 5.92 Å². The predicted octanol–water partition coefficient (Wildman–Crippen LogP) is 2.37. The number of carbonyl (C=O) groups excluding carboxylic acids is 1. The highest BCUT2D eigenvalue weighted by atomic mass is 79.9. The van der Waals surface area contributed by atoms with Crippen molar-refractivity contribution in [3.8, 4) is 0 Å². The molecule has 0 radical (unpaired) electrons. The lowest BCUT2D eigenvalue weighted by Gasteiger charge is -2.16. The summed E-state index contributed by atoms with van der Waals surface area (Å²) in [6, 6.07) is 7.32. The molecule has 98 valence electrons. The maximum atomic E-state index is 11.8. The molecule has 18 heavy (non-hydrogen) atoms. The SMILES string of the molecule is O=C1CC(CS(=O)(=O)Cl)CN1c1ccc(Br)cc1. The zero-order valence-electron chi connectivity index (χ0n) is 9.34. The Morgan fingerprint density at radius 2 is 1.94 bits per heavy atom. The highest BCUT2D eigenvalue weighted by Gasteiger charge is 2.33. The first-order valence-electron chi connectivity index (χ1n) is 5.33. The van der Waals surface area contributed by atoms with E-state index >= 15 is 0 Å². The normalized spacial score (nSPS) is 20.4. The van der Waals surface area contributed by atoms with Gasteiger partial charge in [-0.05, 0) is 24.3 Å². The van der Waals surface area contributed by atoms with Crippen molar-refractivity contribution in [2.45, 2.75) is 6.42 Å². The number of hydrogen-bond donors (Lipinski definition) is 0. The quantitative estimate of drug-likeness (QED) is 0.785. The third-order valence-corrected chi connectivity index (χ3v) is 4.55. The smallest absolute Gasteiger partial charge is 0.232 e. The molecule has 0 bridgehead atoms. The van der Waals surface area contributed by atoms with Gasteiger partial charge >= 0.3 is 0 Å². The number of hydrogen-bond acceptors (Lipinski definition) is 3. The van der Waals surface area contributed by atoms with Crippen LogP contribution in [-0.4, -0.2) is 26.6 Å². The Balaban J connectivity index is 2.12.